The van der Waals surface area contributed by atoms with E-state index in [0.29, 0.717) is 12.0 Å². The fourth-order valence-corrected chi connectivity index (χ4v) is 2.18. The summed E-state index contributed by atoms with van der Waals surface area (Å²) in [6.07, 6.45) is 4.57. The van der Waals surface area contributed by atoms with Gasteiger partial charge in [-0.25, -0.2) is 0 Å². The topological polar surface area (TPSA) is 63.2 Å². The molecule has 1 N–H and O–H groups in total. The van der Waals surface area contributed by atoms with Gasteiger partial charge in [-0.1, -0.05) is 6.92 Å². The normalized spacial score (nSPS) is 15.9. The van der Waals surface area contributed by atoms with E-state index >= 15 is 0 Å². The smallest absolute Gasteiger partial charge is 0.323 e. The second-order valence-corrected chi connectivity index (χ2v) is 6.03. The van der Waals surface area contributed by atoms with Crippen LogP contribution in [0.2, 0.25) is 0 Å². The molecule has 1 aliphatic heterocycles. The molecule has 2 heterocycles. The molecular weight excluding hydrogens is 266 g/mol. The fourth-order valence-electron chi connectivity index (χ4n) is 2.18. The molecule has 118 valence electrons. The van der Waals surface area contributed by atoms with Crippen LogP contribution in [0.1, 0.15) is 53.4 Å². The van der Waals surface area contributed by atoms with Gasteiger partial charge in [-0.15, -0.1) is 0 Å². The highest BCUT2D eigenvalue weighted by Crippen LogP contribution is 2.22. The molecule has 6 heteroatoms. The number of aromatic nitrogens is 3. The minimum Gasteiger partial charge on any atom is -0.457 e. The third-order valence-electron chi connectivity index (χ3n) is 3.80. The number of ether oxygens (including phenoxy) is 1. The molecule has 1 aromatic rings. The average molecular weight is 293 g/mol. The van der Waals surface area contributed by atoms with E-state index < -0.39 is 0 Å². The summed E-state index contributed by atoms with van der Waals surface area (Å²) in [7, 11) is 0. The van der Waals surface area contributed by atoms with E-state index in [2.05, 4.69) is 32.1 Å². The van der Waals surface area contributed by atoms with Gasteiger partial charge < -0.3 is 15.0 Å². The molecule has 0 bridgehead atoms. The molecule has 1 fully saturated rings. The maximum Gasteiger partial charge on any atom is 0.323 e. The van der Waals surface area contributed by atoms with Gasteiger partial charge in [0.05, 0.1) is 0 Å². The van der Waals surface area contributed by atoms with Gasteiger partial charge in [0, 0.05) is 19.6 Å². The Kier molecular flexibility index (Phi) is 5.20. The Bertz CT molecular complexity index is 457. The lowest BCUT2D eigenvalue weighted by Gasteiger charge is -2.28. The standard InChI is InChI=1S/C15H27N5O/c1-5-15(3,4)21-14-18-12(16-6-2)17-13(19-14)20-10-8-7-9-11-20/h5-11H2,1-4H3,(H,16,17,18,19). The summed E-state index contributed by atoms with van der Waals surface area (Å²) in [4.78, 5) is 15.6. The third-order valence-corrected chi connectivity index (χ3v) is 3.80. The van der Waals surface area contributed by atoms with E-state index in [9.17, 15) is 0 Å². The highest BCUT2D eigenvalue weighted by atomic mass is 16.5. The minimum absolute atomic E-state index is 0.274. The molecule has 6 nitrogen and oxygen atoms in total. The molecule has 1 aromatic heterocycles. The predicted molar refractivity (Wildman–Crippen MR) is 85.1 cm³/mol. The van der Waals surface area contributed by atoms with Gasteiger partial charge in [0.25, 0.3) is 0 Å². The van der Waals surface area contributed by atoms with Crippen LogP contribution >= 0.6 is 0 Å². The number of hydrogen-bond donors (Lipinski definition) is 1. The summed E-state index contributed by atoms with van der Waals surface area (Å²) in [5.41, 5.74) is -0.274. The van der Waals surface area contributed by atoms with Crippen LogP contribution < -0.4 is 15.0 Å². The van der Waals surface area contributed by atoms with Crippen molar-refractivity contribution >= 4 is 11.9 Å². The number of hydrogen-bond acceptors (Lipinski definition) is 6. The maximum atomic E-state index is 5.94. The summed E-state index contributed by atoms with van der Waals surface area (Å²) in [6, 6.07) is 0.411. The predicted octanol–water partition coefficient (Wildman–Crippen LogP) is 2.86. The number of nitrogens with one attached hydrogen (secondary N) is 1. The van der Waals surface area contributed by atoms with E-state index in [1.165, 1.54) is 19.3 Å². The molecule has 21 heavy (non-hydrogen) atoms. The van der Waals surface area contributed by atoms with Gasteiger partial charge in [-0.2, -0.15) is 15.0 Å². The molecule has 0 saturated carbocycles. The Hall–Kier alpha value is -1.59. The zero-order chi connectivity index (χ0) is 15.3. The van der Waals surface area contributed by atoms with E-state index in [4.69, 9.17) is 4.74 Å². The van der Waals surface area contributed by atoms with Crippen LogP contribution in [0, 0.1) is 0 Å². The van der Waals surface area contributed by atoms with Crippen LogP contribution in [-0.2, 0) is 0 Å². The van der Waals surface area contributed by atoms with Crippen LogP contribution in [-0.4, -0.2) is 40.2 Å². The molecule has 0 aliphatic carbocycles. The van der Waals surface area contributed by atoms with Gasteiger partial charge in [-0.3, -0.25) is 0 Å². The summed E-state index contributed by atoms with van der Waals surface area (Å²) >= 11 is 0. The van der Waals surface area contributed by atoms with Gasteiger partial charge >= 0.3 is 6.01 Å². The Balaban J connectivity index is 2.24. The van der Waals surface area contributed by atoms with Crippen molar-refractivity contribution in [3.05, 3.63) is 0 Å². The van der Waals surface area contributed by atoms with Crippen molar-refractivity contribution in [2.45, 2.75) is 59.0 Å². The van der Waals surface area contributed by atoms with Crippen LogP contribution in [0.15, 0.2) is 0 Å². The number of anilines is 2. The van der Waals surface area contributed by atoms with E-state index in [1.54, 1.807) is 0 Å². The molecule has 0 spiro atoms. The Labute approximate surface area is 127 Å². The van der Waals surface area contributed by atoms with Crippen molar-refractivity contribution in [1.82, 2.24) is 15.0 Å². The highest BCUT2D eigenvalue weighted by molar-refractivity contribution is 5.38. The number of nitrogens with zero attached hydrogens (tertiary/aromatic N) is 4. The summed E-state index contributed by atoms with van der Waals surface area (Å²) < 4.78 is 5.94. The first kappa shape index (κ1) is 15.8. The lowest BCUT2D eigenvalue weighted by Crippen LogP contribution is -2.32. The summed E-state index contributed by atoms with van der Waals surface area (Å²) in [6.45, 7) is 11.0. The molecule has 0 amide bonds. The number of piperidine rings is 1. The molecule has 1 saturated heterocycles. The molecular formula is C15H27N5O. The van der Waals surface area contributed by atoms with E-state index in [0.717, 1.165) is 32.0 Å². The zero-order valence-electron chi connectivity index (χ0n) is 13.6. The van der Waals surface area contributed by atoms with Crippen LogP contribution in [0.25, 0.3) is 0 Å². The zero-order valence-corrected chi connectivity index (χ0v) is 13.6. The number of rotatable bonds is 6. The molecule has 0 radical (unpaired) electrons. The van der Waals surface area contributed by atoms with E-state index in [-0.39, 0.29) is 5.60 Å². The average Bonchev–Trinajstić information content (AvgIpc) is 2.48. The van der Waals surface area contributed by atoms with Crippen molar-refractivity contribution in [3.8, 4) is 6.01 Å². The lowest BCUT2D eigenvalue weighted by molar-refractivity contribution is 0.0925. The molecule has 1 aliphatic rings. The van der Waals surface area contributed by atoms with E-state index in [1.807, 2.05) is 20.8 Å². The summed E-state index contributed by atoms with van der Waals surface area (Å²) in [5.74, 6) is 1.32. The van der Waals surface area contributed by atoms with Crippen molar-refractivity contribution in [1.29, 1.82) is 0 Å². The molecule has 2 rings (SSSR count). The molecule has 0 aromatic carbocycles. The molecule has 0 atom stereocenters. The van der Waals surface area contributed by atoms with Gasteiger partial charge in [0.2, 0.25) is 11.9 Å². The van der Waals surface area contributed by atoms with Gasteiger partial charge in [0.15, 0.2) is 0 Å². The quantitative estimate of drug-likeness (QED) is 0.870. The third kappa shape index (κ3) is 4.44. The van der Waals surface area contributed by atoms with Gasteiger partial charge in [-0.05, 0) is 46.5 Å². The van der Waals surface area contributed by atoms with Crippen molar-refractivity contribution in [2.75, 3.05) is 29.9 Å². The van der Waals surface area contributed by atoms with Gasteiger partial charge in [0.1, 0.15) is 5.60 Å². The molecule has 0 unspecified atom stereocenters. The first-order valence-electron chi connectivity index (χ1n) is 7.98. The Morgan fingerprint density at radius 3 is 2.43 bits per heavy atom. The monoisotopic (exact) mass is 293 g/mol. The van der Waals surface area contributed by atoms with Crippen molar-refractivity contribution in [3.63, 3.8) is 0 Å². The van der Waals surface area contributed by atoms with Crippen molar-refractivity contribution < 1.29 is 4.74 Å². The summed E-state index contributed by atoms with van der Waals surface area (Å²) in [5, 5.41) is 3.16. The van der Waals surface area contributed by atoms with Crippen LogP contribution in [0.3, 0.4) is 0 Å². The first-order chi connectivity index (χ1) is 10.0. The van der Waals surface area contributed by atoms with Crippen molar-refractivity contribution in [2.24, 2.45) is 0 Å². The fraction of sp³-hybridized carbons (Fsp3) is 0.800. The SMILES string of the molecule is CCNc1nc(OC(C)(C)CC)nc(N2CCCCC2)n1. The lowest BCUT2D eigenvalue weighted by atomic mass is 10.1. The first-order valence-corrected chi connectivity index (χ1v) is 7.98. The maximum absolute atomic E-state index is 5.94. The minimum atomic E-state index is -0.274. The van der Waals surface area contributed by atoms with Crippen LogP contribution in [0.4, 0.5) is 11.9 Å². The van der Waals surface area contributed by atoms with Crippen LogP contribution in [0.5, 0.6) is 6.01 Å². The largest absolute Gasteiger partial charge is 0.457 e. The Morgan fingerprint density at radius 2 is 1.81 bits per heavy atom. The second-order valence-electron chi connectivity index (χ2n) is 6.03. The highest BCUT2D eigenvalue weighted by Gasteiger charge is 2.22. The second kappa shape index (κ2) is 6.91. The Morgan fingerprint density at radius 1 is 1.10 bits per heavy atom.